The molecule has 4 heavy (non-hydrogen) atoms. The molecule has 0 atom stereocenters. The van der Waals surface area contributed by atoms with E-state index >= 15 is 0 Å². The first-order chi connectivity index (χ1) is 1.41. The Morgan fingerprint density at radius 2 is 1.25 bits per heavy atom. The fraction of sp³-hybridized carbons (Fsp3) is 0. The van der Waals surface area contributed by atoms with Crippen LogP contribution in [0, 0.1) is 27.8 Å². The normalized spacial score (nSPS) is 2.00. The molecule has 0 saturated heterocycles. The molecule has 0 rings (SSSR count). The van der Waals surface area contributed by atoms with Gasteiger partial charge in [0.05, 0.1) is 0 Å². The predicted octanol–water partition coefficient (Wildman–Crippen LogP) is -0.0756. The SMILES string of the molecule is N.[O]=[U+2]=[O]. The molecule has 3 nitrogen and oxygen atoms in total. The molecule has 0 fully saturated rings. The first-order valence-corrected chi connectivity index (χ1v) is 3.81. The van der Waals surface area contributed by atoms with Gasteiger partial charge in [-0.2, -0.15) is 0 Å². The molecule has 0 saturated carbocycles. The van der Waals surface area contributed by atoms with E-state index in [1.807, 2.05) is 0 Å². The Balaban J connectivity index is 0. The summed E-state index contributed by atoms with van der Waals surface area (Å²) in [5.41, 5.74) is 0. The van der Waals surface area contributed by atoms with Crippen LogP contribution in [0.2, 0.25) is 0 Å². The van der Waals surface area contributed by atoms with Gasteiger partial charge in [-0.15, -0.1) is 0 Å². The first-order valence-electron chi connectivity index (χ1n) is 0.408. The van der Waals surface area contributed by atoms with Gasteiger partial charge in [0.15, 0.2) is 0 Å². The van der Waals surface area contributed by atoms with E-state index in [4.69, 9.17) is 4.47 Å². The van der Waals surface area contributed by atoms with Gasteiger partial charge in [0.2, 0.25) is 0 Å². The van der Waals surface area contributed by atoms with Crippen LogP contribution >= 0.6 is 0 Å². The fourth-order valence-electron chi connectivity index (χ4n) is 0. The van der Waals surface area contributed by atoms with Gasteiger partial charge < -0.3 is 6.15 Å². The standard InChI is InChI=1S/H3N.2O.U/h1H3;;;/q;;;+2. The molecule has 0 heterocycles. The van der Waals surface area contributed by atoms with Gasteiger partial charge in [-0.25, -0.2) is 0 Å². The molecule has 0 aliphatic rings. The second kappa shape index (κ2) is 9.48. The molecule has 0 spiro atoms. The molecule has 22 valence electrons. The summed E-state index contributed by atoms with van der Waals surface area (Å²) >= 11 is -2.51. The molecule has 0 bridgehead atoms. The van der Waals surface area contributed by atoms with Crippen LogP contribution in [-0.4, -0.2) is 0 Å². The zero-order valence-electron chi connectivity index (χ0n) is 2.02. The zero-order valence-corrected chi connectivity index (χ0v) is 6.19. The number of rotatable bonds is 0. The molecule has 0 aliphatic carbocycles. The zero-order chi connectivity index (χ0) is 2.71. The summed E-state index contributed by atoms with van der Waals surface area (Å²) < 4.78 is 17.2. The van der Waals surface area contributed by atoms with Crippen molar-refractivity contribution in [1.29, 1.82) is 0 Å². The molecule has 0 unspecified atom stereocenters. The summed E-state index contributed by atoms with van der Waals surface area (Å²) in [6.07, 6.45) is 0. The molecule has 0 radical (unpaired) electrons. The van der Waals surface area contributed by atoms with E-state index in [2.05, 4.69) is 0 Å². The maximum absolute atomic E-state index is 8.58. The van der Waals surface area contributed by atoms with E-state index in [1.54, 1.807) is 0 Å². The van der Waals surface area contributed by atoms with Gasteiger partial charge >= 0.3 is 32.3 Å². The summed E-state index contributed by atoms with van der Waals surface area (Å²) in [5, 5.41) is 0. The van der Waals surface area contributed by atoms with Crippen molar-refractivity contribution in [3.8, 4) is 0 Å². The second-order valence-corrected chi connectivity index (χ2v) is 0.777. The van der Waals surface area contributed by atoms with Crippen molar-refractivity contribution < 1.29 is 32.3 Å². The molecule has 0 amide bonds. The number of hydrogen-bond donors (Lipinski definition) is 1. The monoisotopic (exact) mass is 287 g/mol. The second-order valence-electron chi connectivity index (χ2n) is 0.0833. The van der Waals surface area contributed by atoms with E-state index in [1.165, 1.54) is 0 Å². The Labute approximate surface area is 38.6 Å². The first kappa shape index (κ1) is 8.82. The van der Waals surface area contributed by atoms with Crippen molar-refractivity contribution in [1.82, 2.24) is 6.15 Å². The Morgan fingerprint density at radius 3 is 1.25 bits per heavy atom. The molecule has 0 aromatic heterocycles. The third-order valence-corrected chi connectivity index (χ3v) is 0. The third kappa shape index (κ3) is 18.1. The van der Waals surface area contributed by atoms with Gasteiger partial charge in [-0.3, -0.25) is 0 Å². The summed E-state index contributed by atoms with van der Waals surface area (Å²) in [4.78, 5) is 0. The average Bonchev–Trinajstić information content (AvgIpc) is 0.918. The molecular formula is H3NO2U+2. The number of hydrogen-bond acceptors (Lipinski definition) is 3. The molecular weight excluding hydrogens is 284 g/mol. The van der Waals surface area contributed by atoms with Crippen LogP contribution in [0.1, 0.15) is 0 Å². The average molecular weight is 287 g/mol. The van der Waals surface area contributed by atoms with Crippen molar-refractivity contribution in [2.45, 2.75) is 0 Å². The summed E-state index contributed by atoms with van der Waals surface area (Å²) in [5.74, 6) is 0. The Kier molecular flexibility index (Phi) is 20.9. The van der Waals surface area contributed by atoms with Crippen LogP contribution in [0.4, 0.5) is 0 Å². The van der Waals surface area contributed by atoms with Gasteiger partial charge in [0.25, 0.3) is 0 Å². The van der Waals surface area contributed by atoms with Crippen LogP contribution in [0.15, 0.2) is 0 Å². The van der Waals surface area contributed by atoms with Gasteiger partial charge in [-0.1, -0.05) is 0 Å². The van der Waals surface area contributed by atoms with Crippen LogP contribution in [-0.2, 0) is 4.47 Å². The summed E-state index contributed by atoms with van der Waals surface area (Å²) in [6.45, 7) is 0. The van der Waals surface area contributed by atoms with E-state index in [0.29, 0.717) is 0 Å². The van der Waals surface area contributed by atoms with E-state index in [0.717, 1.165) is 0 Å². The summed E-state index contributed by atoms with van der Waals surface area (Å²) in [7, 11) is 0. The summed E-state index contributed by atoms with van der Waals surface area (Å²) in [6, 6.07) is 0. The van der Waals surface area contributed by atoms with Gasteiger partial charge in [0, 0.05) is 0 Å². The van der Waals surface area contributed by atoms with Crippen molar-refractivity contribution in [2.24, 2.45) is 0 Å². The van der Waals surface area contributed by atoms with Crippen LogP contribution in [0.5, 0.6) is 0 Å². The topological polar surface area (TPSA) is 69.1 Å². The van der Waals surface area contributed by atoms with Crippen molar-refractivity contribution in [2.75, 3.05) is 0 Å². The Bertz CT molecular complexity index is 27.0. The minimum absolute atomic E-state index is 0. The van der Waals surface area contributed by atoms with E-state index in [-0.39, 0.29) is 6.15 Å². The van der Waals surface area contributed by atoms with Gasteiger partial charge in [0.1, 0.15) is 0 Å². The molecule has 3 N–H and O–H groups in total. The van der Waals surface area contributed by atoms with E-state index in [9.17, 15) is 0 Å². The fourth-order valence-corrected chi connectivity index (χ4v) is 0. The van der Waals surface area contributed by atoms with Crippen molar-refractivity contribution >= 4 is 0 Å². The quantitative estimate of drug-likeness (QED) is 0.677. The Hall–Kier alpha value is 0.612. The van der Waals surface area contributed by atoms with Crippen LogP contribution in [0.3, 0.4) is 0 Å². The maximum atomic E-state index is 8.58. The van der Waals surface area contributed by atoms with E-state index < -0.39 is 27.8 Å². The van der Waals surface area contributed by atoms with Crippen molar-refractivity contribution in [3.05, 3.63) is 0 Å². The molecule has 0 aromatic rings. The molecule has 0 aromatic carbocycles. The minimum atomic E-state index is -2.51. The molecule has 4 heteroatoms. The van der Waals surface area contributed by atoms with Crippen molar-refractivity contribution in [3.63, 3.8) is 0 Å². The third-order valence-electron chi connectivity index (χ3n) is 0. The predicted molar refractivity (Wildman–Crippen MR) is 6.40 cm³/mol. The molecule has 0 aliphatic heterocycles. The van der Waals surface area contributed by atoms with Gasteiger partial charge in [-0.05, 0) is 0 Å². The Morgan fingerprint density at radius 1 is 1.25 bits per heavy atom. The van der Waals surface area contributed by atoms with Crippen LogP contribution in [0.25, 0.3) is 0 Å². The van der Waals surface area contributed by atoms with Crippen LogP contribution < -0.4 is 6.15 Å².